The summed E-state index contributed by atoms with van der Waals surface area (Å²) in [7, 11) is 0. The van der Waals surface area contributed by atoms with Crippen molar-refractivity contribution in [3.63, 3.8) is 0 Å². The van der Waals surface area contributed by atoms with Gasteiger partial charge in [0.25, 0.3) is 0 Å². The second-order valence-electron chi connectivity index (χ2n) is 9.38. The van der Waals surface area contributed by atoms with Gasteiger partial charge in [0, 0.05) is 25.3 Å². The van der Waals surface area contributed by atoms with Crippen LogP contribution in [0.2, 0.25) is 0 Å². The second kappa shape index (κ2) is 13.1. The van der Waals surface area contributed by atoms with Crippen molar-refractivity contribution in [1.82, 2.24) is 5.32 Å². The van der Waals surface area contributed by atoms with E-state index in [1.54, 1.807) is 6.07 Å². The Hall–Kier alpha value is -3.55. The Balaban J connectivity index is 1.31. The summed E-state index contributed by atoms with van der Waals surface area (Å²) in [4.78, 5) is 11.6. The van der Waals surface area contributed by atoms with Crippen molar-refractivity contribution >= 4 is 11.7 Å². The zero-order valence-corrected chi connectivity index (χ0v) is 21.3. The van der Waals surface area contributed by atoms with Gasteiger partial charge in [-0.3, -0.25) is 0 Å². The number of carboxylic acids is 1. The number of aromatic carboxylic acids is 1. The molecule has 3 aromatic carbocycles. The Kier molecular flexibility index (Phi) is 9.40. The zero-order valence-electron chi connectivity index (χ0n) is 21.3. The largest absolute Gasteiger partial charge is 0.491 e. The highest BCUT2D eigenvalue weighted by Gasteiger charge is 2.21. The molecule has 0 radical (unpaired) electrons. The number of carboxylic acid groups (broad SMARTS) is 1. The molecule has 2 atom stereocenters. The predicted octanol–water partition coefficient (Wildman–Crippen LogP) is 4.99. The third-order valence-electron chi connectivity index (χ3n) is 6.46. The normalized spacial score (nSPS) is 15.4. The third-order valence-corrected chi connectivity index (χ3v) is 6.46. The molecular formula is C30H36N2O5. The minimum Gasteiger partial charge on any atom is -0.491 e. The quantitative estimate of drug-likeness (QED) is 0.244. The highest BCUT2D eigenvalue weighted by atomic mass is 16.5. The average molecular weight is 505 g/mol. The first-order chi connectivity index (χ1) is 18.0. The topological polar surface area (TPSA) is 100 Å². The maximum atomic E-state index is 11.6. The molecule has 0 aromatic heterocycles. The van der Waals surface area contributed by atoms with Gasteiger partial charge in [0.05, 0.1) is 5.56 Å². The lowest BCUT2D eigenvalue weighted by molar-refractivity contribution is 0.0698. The molecule has 1 aliphatic heterocycles. The van der Waals surface area contributed by atoms with Crippen molar-refractivity contribution in [2.24, 2.45) is 0 Å². The van der Waals surface area contributed by atoms with E-state index in [2.05, 4.69) is 23.6 Å². The van der Waals surface area contributed by atoms with Gasteiger partial charge in [-0.2, -0.15) is 0 Å². The molecule has 196 valence electrons. The standard InChI is InChI=1S/C30H36N2O5/c1-2-3-15-32-28-17-22(10-13-27(28)30(34)35)21-11-14-29-23(16-21)9-12-26(37-29)19-31-18-24(33)20-36-25-7-5-4-6-8-25/h4-8,10-11,13-14,16-17,24,26,31-33H,2-3,9,12,15,18-20H2,1H3,(H,34,35). The van der Waals surface area contributed by atoms with Gasteiger partial charge in [0.15, 0.2) is 0 Å². The first-order valence-corrected chi connectivity index (χ1v) is 13.0. The molecule has 0 bridgehead atoms. The number of ether oxygens (including phenoxy) is 2. The van der Waals surface area contributed by atoms with Crippen molar-refractivity contribution in [1.29, 1.82) is 0 Å². The third kappa shape index (κ3) is 7.47. The summed E-state index contributed by atoms with van der Waals surface area (Å²) in [5, 5.41) is 26.3. The molecule has 4 N–H and O–H groups in total. The lowest BCUT2D eigenvalue weighted by Gasteiger charge is -2.27. The minimum atomic E-state index is -0.930. The zero-order chi connectivity index (χ0) is 26.0. The van der Waals surface area contributed by atoms with E-state index in [4.69, 9.17) is 9.47 Å². The van der Waals surface area contributed by atoms with E-state index in [0.717, 1.165) is 60.4 Å². The molecule has 0 saturated heterocycles. The summed E-state index contributed by atoms with van der Waals surface area (Å²) in [6.07, 6.45) is 3.22. The van der Waals surface area contributed by atoms with Crippen LogP contribution < -0.4 is 20.1 Å². The molecule has 0 amide bonds. The fourth-order valence-corrected chi connectivity index (χ4v) is 4.40. The summed E-state index contributed by atoms with van der Waals surface area (Å²) >= 11 is 0. The number of fused-ring (bicyclic) bond motifs is 1. The number of aliphatic hydroxyl groups excluding tert-OH is 1. The number of benzene rings is 3. The number of hydrogen-bond acceptors (Lipinski definition) is 6. The molecule has 0 spiro atoms. The van der Waals surface area contributed by atoms with Gasteiger partial charge in [-0.1, -0.05) is 43.7 Å². The van der Waals surface area contributed by atoms with Crippen molar-refractivity contribution in [3.05, 3.63) is 77.9 Å². The number of rotatable bonds is 13. The summed E-state index contributed by atoms with van der Waals surface area (Å²) in [6.45, 7) is 4.16. The lowest BCUT2D eigenvalue weighted by atomic mass is 9.96. The Labute approximate surface area is 218 Å². The Bertz CT molecular complexity index is 1170. The number of aliphatic hydroxyl groups is 1. The number of carbonyl (C=O) groups is 1. The summed E-state index contributed by atoms with van der Waals surface area (Å²) < 4.78 is 11.8. The first kappa shape index (κ1) is 26.5. The molecule has 0 aliphatic carbocycles. The molecule has 2 unspecified atom stereocenters. The SMILES string of the molecule is CCCCNc1cc(-c2ccc3c(c2)CCC(CNCC(O)COc2ccccc2)O3)ccc1C(=O)O. The van der Waals surface area contributed by atoms with Gasteiger partial charge in [0.1, 0.15) is 30.3 Å². The highest BCUT2D eigenvalue weighted by Crippen LogP contribution is 2.33. The van der Waals surface area contributed by atoms with Crippen LogP contribution >= 0.6 is 0 Å². The van der Waals surface area contributed by atoms with Crippen molar-refractivity contribution < 1.29 is 24.5 Å². The fourth-order valence-electron chi connectivity index (χ4n) is 4.40. The van der Waals surface area contributed by atoms with Crippen molar-refractivity contribution in [3.8, 4) is 22.6 Å². The van der Waals surface area contributed by atoms with E-state index in [1.165, 1.54) is 0 Å². The van der Waals surface area contributed by atoms with Crippen LogP contribution in [0.4, 0.5) is 5.69 Å². The van der Waals surface area contributed by atoms with Gasteiger partial charge in [-0.15, -0.1) is 0 Å². The van der Waals surface area contributed by atoms with Crippen LogP contribution in [-0.2, 0) is 6.42 Å². The highest BCUT2D eigenvalue weighted by molar-refractivity contribution is 5.95. The number of hydrogen-bond donors (Lipinski definition) is 4. The second-order valence-corrected chi connectivity index (χ2v) is 9.38. The minimum absolute atomic E-state index is 0.0322. The molecular weight excluding hydrogens is 468 g/mol. The summed E-state index contributed by atoms with van der Waals surface area (Å²) in [5.74, 6) is 0.688. The molecule has 1 heterocycles. The molecule has 0 saturated carbocycles. The predicted molar refractivity (Wildman–Crippen MR) is 146 cm³/mol. The number of aryl methyl sites for hydroxylation is 1. The van der Waals surface area contributed by atoms with Crippen LogP contribution in [0.5, 0.6) is 11.5 Å². The van der Waals surface area contributed by atoms with Crippen LogP contribution in [-0.4, -0.2) is 54.6 Å². The Morgan fingerprint density at radius 1 is 1.11 bits per heavy atom. The molecule has 0 fully saturated rings. The fraction of sp³-hybridized carbons (Fsp3) is 0.367. The summed E-state index contributed by atoms with van der Waals surface area (Å²) in [6, 6.07) is 21.1. The van der Waals surface area contributed by atoms with Crippen LogP contribution in [0, 0.1) is 0 Å². The molecule has 37 heavy (non-hydrogen) atoms. The molecule has 7 heteroatoms. The van der Waals surface area contributed by atoms with E-state index < -0.39 is 12.1 Å². The summed E-state index contributed by atoms with van der Waals surface area (Å²) in [5.41, 5.74) is 4.09. The maximum Gasteiger partial charge on any atom is 0.337 e. The molecule has 7 nitrogen and oxygen atoms in total. The van der Waals surface area contributed by atoms with E-state index in [-0.39, 0.29) is 18.3 Å². The number of para-hydroxylation sites is 1. The molecule has 4 rings (SSSR count). The average Bonchev–Trinajstić information content (AvgIpc) is 2.92. The Morgan fingerprint density at radius 2 is 1.89 bits per heavy atom. The molecule has 3 aromatic rings. The van der Waals surface area contributed by atoms with Gasteiger partial charge in [-0.25, -0.2) is 4.79 Å². The molecule has 1 aliphatic rings. The lowest BCUT2D eigenvalue weighted by Crippen LogP contribution is -2.39. The smallest absolute Gasteiger partial charge is 0.337 e. The van der Waals surface area contributed by atoms with Gasteiger partial charge in [0.2, 0.25) is 0 Å². The number of unbranched alkanes of at least 4 members (excludes halogenated alkanes) is 1. The van der Waals surface area contributed by atoms with Gasteiger partial charge >= 0.3 is 5.97 Å². The maximum absolute atomic E-state index is 11.6. The van der Waals surface area contributed by atoms with E-state index in [9.17, 15) is 15.0 Å². The monoisotopic (exact) mass is 504 g/mol. The number of nitrogens with one attached hydrogen (secondary N) is 2. The van der Waals surface area contributed by atoms with Crippen LogP contribution in [0.25, 0.3) is 11.1 Å². The first-order valence-electron chi connectivity index (χ1n) is 13.0. The van der Waals surface area contributed by atoms with E-state index >= 15 is 0 Å². The van der Waals surface area contributed by atoms with Crippen molar-refractivity contribution in [2.45, 2.75) is 44.8 Å². The van der Waals surface area contributed by atoms with Crippen molar-refractivity contribution in [2.75, 3.05) is 31.6 Å². The van der Waals surface area contributed by atoms with Crippen LogP contribution in [0.3, 0.4) is 0 Å². The van der Waals surface area contributed by atoms with E-state index in [0.29, 0.717) is 18.8 Å². The Morgan fingerprint density at radius 3 is 2.68 bits per heavy atom. The number of anilines is 1. The van der Waals surface area contributed by atoms with Crippen LogP contribution in [0.1, 0.15) is 42.1 Å². The van der Waals surface area contributed by atoms with E-state index in [1.807, 2.05) is 54.6 Å². The van der Waals surface area contributed by atoms with Gasteiger partial charge < -0.3 is 30.3 Å². The van der Waals surface area contributed by atoms with Crippen LogP contribution in [0.15, 0.2) is 66.7 Å². The van der Waals surface area contributed by atoms with Gasteiger partial charge in [-0.05, 0) is 72.4 Å².